The van der Waals surface area contributed by atoms with Gasteiger partial charge in [0.1, 0.15) is 0 Å². The summed E-state index contributed by atoms with van der Waals surface area (Å²) in [6.07, 6.45) is 0. The van der Waals surface area contributed by atoms with Crippen LogP contribution in [-0.4, -0.2) is 6.04 Å². The van der Waals surface area contributed by atoms with E-state index in [2.05, 4.69) is 68.4 Å². The molecule has 2 aromatic rings. The van der Waals surface area contributed by atoms with E-state index in [1.165, 1.54) is 9.77 Å². The van der Waals surface area contributed by atoms with Gasteiger partial charge in [0, 0.05) is 30.1 Å². The molecule has 0 saturated heterocycles. The first-order valence-electron chi connectivity index (χ1n) is 5.48. The number of thiophene rings is 1. The van der Waals surface area contributed by atoms with Crippen LogP contribution in [0.1, 0.15) is 17.1 Å². The number of halogens is 2. The lowest BCUT2D eigenvalue weighted by Crippen LogP contribution is -2.21. The molecule has 0 aliphatic rings. The average molecular weight is 407 g/mol. The van der Waals surface area contributed by atoms with Gasteiger partial charge >= 0.3 is 0 Å². The van der Waals surface area contributed by atoms with E-state index in [0.29, 0.717) is 0 Å². The van der Waals surface area contributed by atoms with Crippen molar-refractivity contribution in [3.63, 3.8) is 0 Å². The first kappa shape index (κ1) is 14.6. The van der Waals surface area contributed by atoms with E-state index in [4.69, 9.17) is 5.73 Å². The van der Waals surface area contributed by atoms with Gasteiger partial charge < -0.3 is 5.73 Å². The van der Waals surface area contributed by atoms with Crippen molar-refractivity contribution in [1.29, 1.82) is 0 Å². The zero-order chi connectivity index (χ0) is 13.1. The lowest BCUT2D eigenvalue weighted by molar-refractivity contribution is 0.730. The van der Waals surface area contributed by atoms with Crippen LogP contribution in [0.15, 0.2) is 49.6 Å². The highest BCUT2D eigenvalue weighted by Crippen LogP contribution is 2.41. The largest absolute Gasteiger partial charge is 0.327 e. The first-order chi connectivity index (χ1) is 8.56. The highest BCUT2D eigenvalue weighted by Gasteiger charge is 2.19. The molecular weight excluding hydrogens is 394 g/mol. The number of rotatable bonds is 4. The zero-order valence-corrected chi connectivity index (χ0v) is 14.6. The molecule has 2 N–H and O–H groups in total. The number of nitrogens with two attached hydrogens (primary N) is 1. The Kier molecular flexibility index (Phi) is 5.33. The molecule has 2 atom stereocenters. The minimum atomic E-state index is 0.111. The van der Waals surface area contributed by atoms with Crippen molar-refractivity contribution in [2.45, 2.75) is 23.1 Å². The molecule has 2 unspecified atom stereocenters. The maximum Gasteiger partial charge on any atom is 0.0586 e. The van der Waals surface area contributed by atoms with Crippen LogP contribution >= 0.6 is 55.0 Å². The van der Waals surface area contributed by atoms with Crippen molar-refractivity contribution in [2.75, 3.05) is 0 Å². The third-order valence-corrected chi connectivity index (χ3v) is 6.29. The van der Waals surface area contributed by atoms with Crippen LogP contribution in [0.4, 0.5) is 0 Å². The molecule has 0 aliphatic heterocycles. The SMILES string of the molecule is CC(N)C(Sc1cccc(Br)c1)c1cc(Br)cs1. The van der Waals surface area contributed by atoms with E-state index in [1.54, 1.807) is 11.3 Å². The lowest BCUT2D eigenvalue weighted by Gasteiger charge is -2.19. The quantitative estimate of drug-likeness (QED) is 0.682. The Bertz CT molecular complexity index is 525. The van der Waals surface area contributed by atoms with Crippen molar-refractivity contribution in [1.82, 2.24) is 0 Å². The topological polar surface area (TPSA) is 26.0 Å². The van der Waals surface area contributed by atoms with Gasteiger partial charge in [-0.25, -0.2) is 0 Å². The summed E-state index contributed by atoms with van der Waals surface area (Å²) in [6.45, 7) is 2.06. The summed E-state index contributed by atoms with van der Waals surface area (Å²) in [5.74, 6) is 0. The molecule has 1 heterocycles. The maximum atomic E-state index is 6.12. The van der Waals surface area contributed by atoms with E-state index in [-0.39, 0.29) is 11.3 Å². The molecule has 0 amide bonds. The van der Waals surface area contributed by atoms with Gasteiger partial charge in [0.05, 0.1) is 5.25 Å². The van der Waals surface area contributed by atoms with Crippen LogP contribution in [0.2, 0.25) is 0 Å². The molecule has 0 fully saturated rings. The maximum absolute atomic E-state index is 6.12. The molecule has 1 aromatic heterocycles. The number of benzene rings is 1. The van der Waals surface area contributed by atoms with Gasteiger partial charge in [-0.2, -0.15) is 0 Å². The van der Waals surface area contributed by atoms with Gasteiger partial charge in [-0.3, -0.25) is 0 Å². The van der Waals surface area contributed by atoms with Crippen LogP contribution in [-0.2, 0) is 0 Å². The molecule has 5 heteroatoms. The molecule has 0 bridgehead atoms. The normalized spacial score (nSPS) is 14.4. The molecule has 0 aliphatic carbocycles. The number of hydrogen-bond donors (Lipinski definition) is 1. The summed E-state index contributed by atoms with van der Waals surface area (Å²) < 4.78 is 2.23. The molecule has 96 valence electrons. The molecule has 1 nitrogen and oxygen atoms in total. The van der Waals surface area contributed by atoms with Crippen molar-refractivity contribution >= 4 is 55.0 Å². The van der Waals surface area contributed by atoms with E-state index >= 15 is 0 Å². The fourth-order valence-electron chi connectivity index (χ4n) is 1.59. The molecule has 1 aromatic carbocycles. The Balaban J connectivity index is 2.22. The molecule has 0 radical (unpaired) electrons. The second kappa shape index (κ2) is 6.57. The summed E-state index contributed by atoms with van der Waals surface area (Å²) >= 11 is 10.6. The van der Waals surface area contributed by atoms with Crippen LogP contribution in [0.5, 0.6) is 0 Å². The van der Waals surface area contributed by atoms with Crippen molar-refractivity contribution < 1.29 is 0 Å². The predicted molar refractivity (Wildman–Crippen MR) is 88.4 cm³/mol. The van der Waals surface area contributed by atoms with Gasteiger partial charge in [0.25, 0.3) is 0 Å². The average Bonchev–Trinajstić information content (AvgIpc) is 2.72. The second-order valence-corrected chi connectivity index (χ2v) is 8.01. The second-order valence-electron chi connectivity index (χ2n) is 4.02. The summed E-state index contributed by atoms with van der Waals surface area (Å²) in [6, 6.07) is 10.6. The molecule has 18 heavy (non-hydrogen) atoms. The number of thioether (sulfide) groups is 1. The Morgan fingerprint density at radius 3 is 2.56 bits per heavy atom. The van der Waals surface area contributed by atoms with E-state index < -0.39 is 0 Å². The van der Waals surface area contributed by atoms with E-state index in [0.717, 1.165) is 8.95 Å². The first-order valence-corrected chi connectivity index (χ1v) is 8.82. The minimum absolute atomic E-state index is 0.111. The van der Waals surface area contributed by atoms with Crippen LogP contribution in [0, 0.1) is 0 Å². The fourth-order valence-corrected chi connectivity index (χ4v) is 5.03. The smallest absolute Gasteiger partial charge is 0.0586 e. The van der Waals surface area contributed by atoms with Gasteiger partial charge in [-0.05, 0) is 47.1 Å². The lowest BCUT2D eigenvalue weighted by atomic mass is 10.2. The zero-order valence-electron chi connectivity index (χ0n) is 9.77. The summed E-state index contributed by atoms with van der Waals surface area (Å²) in [5.41, 5.74) is 6.12. The fraction of sp³-hybridized carbons (Fsp3) is 0.231. The van der Waals surface area contributed by atoms with Crippen LogP contribution in [0.3, 0.4) is 0 Å². The third kappa shape index (κ3) is 3.84. The van der Waals surface area contributed by atoms with Gasteiger partial charge in [-0.15, -0.1) is 23.1 Å². The molecule has 2 rings (SSSR count). The molecular formula is C13H13Br2NS2. The Morgan fingerprint density at radius 2 is 2.00 bits per heavy atom. The third-order valence-electron chi connectivity index (χ3n) is 2.40. The monoisotopic (exact) mass is 405 g/mol. The number of hydrogen-bond acceptors (Lipinski definition) is 3. The van der Waals surface area contributed by atoms with Crippen LogP contribution < -0.4 is 5.73 Å². The Morgan fingerprint density at radius 1 is 1.22 bits per heavy atom. The summed E-state index contributed by atoms with van der Waals surface area (Å²) in [7, 11) is 0. The predicted octanol–water partition coefficient (Wildman–Crippen LogP) is 5.45. The summed E-state index contributed by atoms with van der Waals surface area (Å²) in [4.78, 5) is 2.54. The van der Waals surface area contributed by atoms with Crippen LogP contribution in [0.25, 0.3) is 0 Å². The van der Waals surface area contributed by atoms with Crippen molar-refractivity contribution in [2.24, 2.45) is 5.73 Å². The summed E-state index contributed by atoms with van der Waals surface area (Å²) in [5, 5.41) is 2.39. The van der Waals surface area contributed by atoms with Gasteiger partial charge in [0.15, 0.2) is 0 Å². The van der Waals surface area contributed by atoms with E-state index in [1.807, 2.05) is 17.8 Å². The van der Waals surface area contributed by atoms with Gasteiger partial charge in [-0.1, -0.05) is 22.0 Å². The minimum Gasteiger partial charge on any atom is -0.327 e. The van der Waals surface area contributed by atoms with Crippen molar-refractivity contribution in [3.8, 4) is 0 Å². The molecule has 0 spiro atoms. The Hall–Kier alpha value is 0.190. The van der Waals surface area contributed by atoms with Gasteiger partial charge in [0.2, 0.25) is 0 Å². The standard InChI is InChI=1S/C13H13Br2NS2/c1-8(16)13(12-6-10(15)7-17-12)18-11-4-2-3-9(14)5-11/h2-8,13H,16H2,1H3. The Labute approximate surface area is 132 Å². The highest BCUT2D eigenvalue weighted by molar-refractivity contribution is 9.10. The molecule has 0 saturated carbocycles. The van der Waals surface area contributed by atoms with Crippen molar-refractivity contribution in [3.05, 3.63) is 49.5 Å². The highest BCUT2D eigenvalue weighted by atomic mass is 79.9. The van der Waals surface area contributed by atoms with E-state index in [9.17, 15) is 0 Å².